The minimum absolute atomic E-state index is 0.0568. The second-order valence-electron chi connectivity index (χ2n) is 7.07. The molecule has 4 rings (SSSR count). The van der Waals surface area contributed by atoms with Gasteiger partial charge in [-0.25, -0.2) is 9.48 Å². The summed E-state index contributed by atoms with van der Waals surface area (Å²) in [4.78, 5) is 12.4. The lowest BCUT2D eigenvalue weighted by molar-refractivity contribution is -0.137. The molecule has 1 aliphatic rings. The number of anilines is 2. The van der Waals surface area contributed by atoms with Gasteiger partial charge in [0, 0.05) is 11.8 Å². The van der Waals surface area contributed by atoms with Gasteiger partial charge in [-0.2, -0.15) is 18.3 Å². The molecule has 1 fully saturated rings. The van der Waals surface area contributed by atoms with Gasteiger partial charge in [0.25, 0.3) is 0 Å². The van der Waals surface area contributed by atoms with Crippen molar-refractivity contribution in [1.82, 2.24) is 9.78 Å². The Hall–Kier alpha value is -3.29. The average Bonchev–Trinajstić information content (AvgIpc) is 3.41. The zero-order valence-corrected chi connectivity index (χ0v) is 15.4. The Morgan fingerprint density at radius 2 is 1.79 bits per heavy atom. The highest BCUT2D eigenvalue weighted by Gasteiger charge is 2.30. The number of hydrogen-bond donors (Lipinski definition) is 2. The van der Waals surface area contributed by atoms with Crippen molar-refractivity contribution in [3.8, 4) is 5.69 Å². The largest absolute Gasteiger partial charge is 0.416 e. The molecule has 1 heterocycles. The van der Waals surface area contributed by atoms with Crippen LogP contribution in [0.2, 0.25) is 0 Å². The summed E-state index contributed by atoms with van der Waals surface area (Å²) in [5.41, 5.74) is 0.882. The Morgan fingerprint density at radius 1 is 1.03 bits per heavy atom. The molecule has 0 bridgehead atoms. The Labute approximate surface area is 165 Å². The highest BCUT2D eigenvalue weighted by molar-refractivity contribution is 5.99. The molecular formula is C21H19F3N4O. The number of carbonyl (C=O) groups excluding carboxylic acids is 1. The molecule has 2 N–H and O–H groups in total. The Balaban J connectivity index is 1.53. The molecule has 2 amide bonds. The van der Waals surface area contributed by atoms with E-state index in [1.165, 1.54) is 25.0 Å². The van der Waals surface area contributed by atoms with Gasteiger partial charge in [0.1, 0.15) is 5.82 Å². The van der Waals surface area contributed by atoms with E-state index in [1.807, 2.05) is 30.3 Å². The third kappa shape index (κ3) is 4.77. The zero-order valence-electron chi connectivity index (χ0n) is 15.4. The molecule has 1 aromatic heterocycles. The number of nitrogens with one attached hydrogen (secondary N) is 2. The maximum Gasteiger partial charge on any atom is 0.416 e. The lowest BCUT2D eigenvalue weighted by Crippen LogP contribution is -2.21. The van der Waals surface area contributed by atoms with E-state index < -0.39 is 17.8 Å². The molecule has 150 valence electrons. The monoisotopic (exact) mass is 400 g/mol. The van der Waals surface area contributed by atoms with Crippen molar-refractivity contribution in [3.05, 3.63) is 71.9 Å². The first-order valence-electron chi connectivity index (χ1n) is 9.28. The molecule has 0 saturated heterocycles. The predicted molar refractivity (Wildman–Crippen MR) is 104 cm³/mol. The number of rotatable bonds is 5. The van der Waals surface area contributed by atoms with E-state index in [0.29, 0.717) is 11.7 Å². The van der Waals surface area contributed by atoms with Gasteiger partial charge in [0.15, 0.2) is 0 Å². The van der Waals surface area contributed by atoms with E-state index in [0.717, 1.165) is 29.9 Å². The summed E-state index contributed by atoms with van der Waals surface area (Å²) in [7, 11) is 0. The average molecular weight is 400 g/mol. The zero-order chi connectivity index (χ0) is 20.4. The summed E-state index contributed by atoms with van der Waals surface area (Å²) in [6.45, 7) is 0. The fourth-order valence-corrected chi connectivity index (χ4v) is 3.05. The maximum absolute atomic E-state index is 12.9. The van der Waals surface area contributed by atoms with Gasteiger partial charge >= 0.3 is 12.2 Å². The van der Waals surface area contributed by atoms with Gasteiger partial charge in [-0.3, -0.25) is 5.32 Å². The number of hydrogen-bond acceptors (Lipinski definition) is 2. The standard InChI is InChI=1S/C21H19F3N4O/c22-21(23,24)15-5-4-6-16(12-15)25-20(29)26-19-13-17(11-14-9-10-14)27-28(19)18-7-2-1-3-8-18/h1-8,12-14H,9-11H2,(H2,25,26,29). The molecule has 0 aliphatic heterocycles. The number of halogens is 3. The minimum Gasteiger partial charge on any atom is -0.308 e. The molecule has 1 saturated carbocycles. The molecule has 29 heavy (non-hydrogen) atoms. The summed E-state index contributed by atoms with van der Waals surface area (Å²) >= 11 is 0. The van der Waals surface area contributed by atoms with Crippen molar-refractivity contribution in [1.29, 1.82) is 0 Å². The molecule has 0 radical (unpaired) electrons. The number of aromatic nitrogens is 2. The van der Waals surface area contributed by atoms with Crippen molar-refractivity contribution in [2.75, 3.05) is 10.6 Å². The van der Waals surface area contributed by atoms with E-state index >= 15 is 0 Å². The van der Waals surface area contributed by atoms with E-state index in [9.17, 15) is 18.0 Å². The Morgan fingerprint density at radius 3 is 2.48 bits per heavy atom. The lowest BCUT2D eigenvalue weighted by Gasteiger charge is -2.12. The van der Waals surface area contributed by atoms with Crippen LogP contribution in [0.5, 0.6) is 0 Å². The van der Waals surface area contributed by atoms with Crippen LogP contribution >= 0.6 is 0 Å². The van der Waals surface area contributed by atoms with Gasteiger partial charge in [-0.05, 0) is 55.5 Å². The van der Waals surface area contributed by atoms with Crippen molar-refractivity contribution in [2.45, 2.75) is 25.4 Å². The fourth-order valence-electron chi connectivity index (χ4n) is 3.05. The predicted octanol–water partition coefficient (Wildman–Crippen LogP) is 5.49. The number of urea groups is 1. The van der Waals surface area contributed by atoms with Crippen LogP contribution in [0.3, 0.4) is 0 Å². The summed E-state index contributed by atoms with van der Waals surface area (Å²) in [6.07, 6.45) is -1.28. The van der Waals surface area contributed by atoms with Gasteiger partial charge in [0.2, 0.25) is 0 Å². The number of benzene rings is 2. The number of alkyl halides is 3. The van der Waals surface area contributed by atoms with Crippen LogP contribution in [0.1, 0.15) is 24.1 Å². The van der Waals surface area contributed by atoms with Crippen molar-refractivity contribution < 1.29 is 18.0 Å². The smallest absolute Gasteiger partial charge is 0.308 e. The Bertz CT molecular complexity index is 1010. The second-order valence-corrected chi connectivity index (χ2v) is 7.07. The highest BCUT2D eigenvalue weighted by atomic mass is 19.4. The van der Waals surface area contributed by atoms with Gasteiger partial charge in [-0.15, -0.1) is 0 Å². The quantitative estimate of drug-likeness (QED) is 0.595. The number of para-hydroxylation sites is 1. The van der Waals surface area contributed by atoms with Crippen molar-refractivity contribution in [3.63, 3.8) is 0 Å². The number of nitrogens with zero attached hydrogens (tertiary/aromatic N) is 2. The van der Waals surface area contributed by atoms with Gasteiger partial charge < -0.3 is 5.32 Å². The molecule has 0 spiro atoms. The van der Waals surface area contributed by atoms with Crippen LogP contribution < -0.4 is 10.6 Å². The molecular weight excluding hydrogens is 381 g/mol. The van der Waals surface area contributed by atoms with Gasteiger partial charge in [0.05, 0.1) is 16.9 Å². The van der Waals surface area contributed by atoms with Crippen LogP contribution in [0, 0.1) is 5.92 Å². The minimum atomic E-state index is -4.47. The van der Waals surface area contributed by atoms with E-state index in [2.05, 4.69) is 15.7 Å². The maximum atomic E-state index is 12.9. The number of carbonyl (C=O) groups is 1. The number of amides is 2. The molecule has 3 aromatic rings. The Kier molecular flexibility index (Phi) is 5.00. The first-order chi connectivity index (χ1) is 13.9. The van der Waals surface area contributed by atoms with Crippen LogP contribution in [0.25, 0.3) is 5.69 Å². The normalized spacial score (nSPS) is 13.9. The molecule has 2 aromatic carbocycles. The van der Waals surface area contributed by atoms with Crippen molar-refractivity contribution >= 4 is 17.5 Å². The van der Waals surface area contributed by atoms with Crippen molar-refractivity contribution in [2.24, 2.45) is 5.92 Å². The van der Waals surface area contributed by atoms with Crippen LogP contribution in [0.4, 0.5) is 29.5 Å². The topological polar surface area (TPSA) is 59.0 Å². The summed E-state index contributed by atoms with van der Waals surface area (Å²) in [6, 6.07) is 15.0. The van der Waals surface area contributed by atoms with Crippen LogP contribution in [-0.2, 0) is 12.6 Å². The summed E-state index contributed by atoms with van der Waals surface area (Å²) < 4.78 is 40.2. The SMILES string of the molecule is O=C(Nc1cccc(C(F)(F)F)c1)Nc1cc(CC2CC2)nn1-c1ccccc1. The molecule has 8 heteroatoms. The van der Waals surface area contributed by atoms with E-state index in [1.54, 1.807) is 10.7 Å². The second kappa shape index (κ2) is 7.62. The van der Waals surface area contributed by atoms with E-state index in [-0.39, 0.29) is 5.69 Å². The summed E-state index contributed by atoms with van der Waals surface area (Å²) in [5, 5.41) is 9.74. The first-order valence-corrected chi connectivity index (χ1v) is 9.28. The fraction of sp³-hybridized carbons (Fsp3) is 0.238. The highest BCUT2D eigenvalue weighted by Crippen LogP contribution is 2.33. The third-order valence-corrected chi connectivity index (χ3v) is 4.64. The molecule has 5 nitrogen and oxygen atoms in total. The molecule has 0 unspecified atom stereocenters. The molecule has 0 atom stereocenters. The van der Waals surface area contributed by atoms with Crippen LogP contribution in [0.15, 0.2) is 60.7 Å². The van der Waals surface area contributed by atoms with Crippen LogP contribution in [-0.4, -0.2) is 15.8 Å². The van der Waals surface area contributed by atoms with Gasteiger partial charge in [-0.1, -0.05) is 24.3 Å². The lowest BCUT2D eigenvalue weighted by atomic mass is 10.2. The molecule has 1 aliphatic carbocycles. The third-order valence-electron chi connectivity index (χ3n) is 4.64. The first kappa shape index (κ1) is 19.0. The van der Waals surface area contributed by atoms with E-state index in [4.69, 9.17) is 0 Å². The summed E-state index contributed by atoms with van der Waals surface area (Å²) in [5.74, 6) is 1.08.